The fourth-order valence-electron chi connectivity index (χ4n) is 0.877. The number of halogens is 1. The van der Waals surface area contributed by atoms with Crippen molar-refractivity contribution in [3.63, 3.8) is 0 Å². The van der Waals surface area contributed by atoms with E-state index < -0.39 is 0 Å². The number of hydrogen-bond acceptors (Lipinski definition) is 1. The van der Waals surface area contributed by atoms with Gasteiger partial charge in [0.1, 0.15) is 6.67 Å². The number of hydrogen-bond donors (Lipinski definition) is 0. The van der Waals surface area contributed by atoms with Crippen LogP contribution in [0.1, 0.15) is 13.3 Å². The summed E-state index contributed by atoms with van der Waals surface area (Å²) in [6.45, 7) is 1.56. The molecule has 0 N–H and O–H groups in total. The van der Waals surface area contributed by atoms with Crippen LogP contribution in [-0.2, 0) is 0 Å². The number of rotatable bonds is 1. The van der Waals surface area contributed by atoms with Crippen LogP contribution in [0.3, 0.4) is 0 Å². The molecular formula is C7H10FN. The molecule has 1 aliphatic heterocycles. The second kappa shape index (κ2) is 2.76. The Kier molecular flexibility index (Phi) is 1.98. The first-order valence-corrected chi connectivity index (χ1v) is 3.10. The van der Waals surface area contributed by atoms with Gasteiger partial charge in [-0.3, -0.25) is 4.99 Å². The molecule has 1 aliphatic rings. The minimum atomic E-state index is -0.332. The number of allylic oxidation sites excluding steroid dienone is 1. The molecule has 0 spiro atoms. The van der Waals surface area contributed by atoms with E-state index in [2.05, 4.69) is 4.99 Å². The van der Waals surface area contributed by atoms with Gasteiger partial charge in [-0.25, -0.2) is 4.39 Å². The molecule has 0 aromatic heterocycles. The zero-order valence-electron chi connectivity index (χ0n) is 5.47. The Balaban J connectivity index is 2.55. The van der Waals surface area contributed by atoms with Crippen LogP contribution in [0.15, 0.2) is 17.1 Å². The Morgan fingerprint density at radius 3 is 3.11 bits per heavy atom. The molecule has 0 saturated heterocycles. The van der Waals surface area contributed by atoms with E-state index in [9.17, 15) is 4.39 Å². The second-order valence-corrected chi connectivity index (χ2v) is 2.22. The maximum atomic E-state index is 11.9. The minimum absolute atomic E-state index is 0.102. The van der Waals surface area contributed by atoms with E-state index in [1.807, 2.05) is 19.1 Å². The third-order valence-electron chi connectivity index (χ3n) is 1.33. The van der Waals surface area contributed by atoms with E-state index in [0.717, 1.165) is 12.1 Å². The average Bonchev–Trinajstić information content (AvgIpc) is 1.88. The number of aliphatic imine (C=N–C) groups is 1. The second-order valence-electron chi connectivity index (χ2n) is 2.22. The van der Waals surface area contributed by atoms with Crippen LogP contribution in [0.25, 0.3) is 0 Å². The molecule has 50 valence electrons. The first kappa shape index (κ1) is 6.46. The largest absolute Gasteiger partial charge is 0.284 e. The molecule has 0 radical (unpaired) electrons. The van der Waals surface area contributed by atoms with Gasteiger partial charge in [0, 0.05) is 5.71 Å². The SMILES string of the molecule is CC1=NC(CF)CC=C1. The van der Waals surface area contributed by atoms with E-state index in [1.54, 1.807) is 0 Å². The van der Waals surface area contributed by atoms with Crippen LogP contribution in [0.4, 0.5) is 4.39 Å². The molecule has 9 heavy (non-hydrogen) atoms. The highest BCUT2D eigenvalue weighted by Gasteiger charge is 2.06. The quantitative estimate of drug-likeness (QED) is 0.508. The lowest BCUT2D eigenvalue weighted by Gasteiger charge is -2.09. The Bertz CT molecular complexity index is 149. The molecule has 0 aliphatic carbocycles. The van der Waals surface area contributed by atoms with Gasteiger partial charge in [-0.1, -0.05) is 6.08 Å². The van der Waals surface area contributed by atoms with E-state index in [0.29, 0.717) is 0 Å². The molecule has 0 saturated carbocycles. The van der Waals surface area contributed by atoms with Crippen molar-refractivity contribution in [3.8, 4) is 0 Å². The summed E-state index contributed by atoms with van der Waals surface area (Å²) in [6, 6.07) is -0.102. The Hall–Kier alpha value is -0.660. The summed E-state index contributed by atoms with van der Waals surface area (Å²) < 4.78 is 11.9. The van der Waals surface area contributed by atoms with Crippen molar-refractivity contribution < 1.29 is 4.39 Å². The molecule has 0 aromatic rings. The summed E-state index contributed by atoms with van der Waals surface area (Å²) in [7, 11) is 0. The lowest BCUT2D eigenvalue weighted by atomic mass is 10.1. The third-order valence-corrected chi connectivity index (χ3v) is 1.33. The van der Waals surface area contributed by atoms with Gasteiger partial charge in [0.15, 0.2) is 0 Å². The van der Waals surface area contributed by atoms with Crippen LogP contribution in [0.2, 0.25) is 0 Å². The summed E-state index contributed by atoms with van der Waals surface area (Å²) in [5.41, 5.74) is 0.934. The summed E-state index contributed by atoms with van der Waals surface area (Å²) in [6.07, 6.45) is 4.65. The molecule has 0 bridgehead atoms. The van der Waals surface area contributed by atoms with Crippen molar-refractivity contribution in [1.82, 2.24) is 0 Å². The van der Waals surface area contributed by atoms with E-state index in [-0.39, 0.29) is 12.7 Å². The molecular weight excluding hydrogens is 117 g/mol. The zero-order chi connectivity index (χ0) is 6.69. The van der Waals surface area contributed by atoms with Crippen molar-refractivity contribution in [3.05, 3.63) is 12.2 Å². The first-order valence-electron chi connectivity index (χ1n) is 3.10. The number of nitrogens with zero attached hydrogens (tertiary/aromatic N) is 1. The summed E-state index contributed by atoms with van der Waals surface area (Å²) in [5, 5.41) is 0. The van der Waals surface area contributed by atoms with Crippen LogP contribution < -0.4 is 0 Å². The Morgan fingerprint density at radius 1 is 1.89 bits per heavy atom. The van der Waals surface area contributed by atoms with Gasteiger partial charge in [0.25, 0.3) is 0 Å². The number of alkyl halides is 1. The van der Waals surface area contributed by atoms with Gasteiger partial charge in [-0.2, -0.15) is 0 Å². The number of dihydropyridines is 1. The fourth-order valence-corrected chi connectivity index (χ4v) is 0.877. The van der Waals surface area contributed by atoms with Gasteiger partial charge < -0.3 is 0 Å². The highest BCUT2D eigenvalue weighted by molar-refractivity contribution is 5.93. The molecule has 2 heteroatoms. The standard InChI is InChI=1S/C7H10FN/c1-6-3-2-4-7(5-8)9-6/h2-3,7H,4-5H2,1H3. The zero-order valence-corrected chi connectivity index (χ0v) is 5.47. The smallest absolute Gasteiger partial charge is 0.112 e. The minimum Gasteiger partial charge on any atom is -0.284 e. The molecule has 1 atom stereocenters. The van der Waals surface area contributed by atoms with Crippen molar-refractivity contribution in [2.45, 2.75) is 19.4 Å². The van der Waals surface area contributed by atoms with Crippen molar-refractivity contribution >= 4 is 5.71 Å². The third kappa shape index (κ3) is 1.63. The van der Waals surface area contributed by atoms with Gasteiger partial charge in [0.05, 0.1) is 6.04 Å². The van der Waals surface area contributed by atoms with Crippen LogP contribution in [0, 0.1) is 0 Å². The maximum absolute atomic E-state index is 11.9. The topological polar surface area (TPSA) is 12.4 Å². The van der Waals surface area contributed by atoms with Gasteiger partial charge in [0.2, 0.25) is 0 Å². The van der Waals surface area contributed by atoms with Crippen molar-refractivity contribution in [2.24, 2.45) is 4.99 Å². The van der Waals surface area contributed by atoms with Gasteiger partial charge in [-0.15, -0.1) is 0 Å². The first-order chi connectivity index (χ1) is 4.33. The molecule has 1 rings (SSSR count). The predicted molar refractivity (Wildman–Crippen MR) is 36.6 cm³/mol. The van der Waals surface area contributed by atoms with Crippen molar-refractivity contribution in [1.29, 1.82) is 0 Å². The lowest BCUT2D eigenvalue weighted by molar-refractivity contribution is 0.430. The molecule has 1 unspecified atom stereocenters. The normalized spacial score (nSPS) is 26.0. The predicted octanol–water partition coefficient (Wildman–Crippen LogP) is 1.75. The Labute approximate surface area is 54.3 Å². The summed E-state index contributed by atoms with van der Waals surface area (Å²) in [4.78, 5) is 4.06. The van der Waals surface area contributed by atoms with Gasteiger partial charge in [-0.05, 0) is 19.4 Å². The molecule has 0 fully saturated rings. The Morgan fingerprint density at radius 2 is 2.67 bits per heavy atom. The highest BCUT2D eigenvalue weighted by Crippen LogP contribution is 2.06. The van der Waals surface area contributed by atoms with Crippen LogP contribution in [-0.4, -0.2) is 18.4 Å². The summed E-state index contributed by atoms with van der Waals surface area (Å²) >= 11 is 0. The fraction of sp³-hybridized carbons (Fsp3) is 0.571. The van der Waals surface area contributed by atoms with Crippen molar-refractivity contribution in [2.75, 3.05) is 6.67 Å². The highest BCUT2D eigenvalue weighted by atomic mass is 19.1. The lowest BCUT2D eigenvalue weighted by Crippen LogP contribution is -2.11. The molecule has 0 amide bonds. The van der Waals surface area contributed by atoms with E-state index >= 15 is 0 Å². The van der Waals surface area contributed by atoms with Gasteiger partial charge >= 0.3 is 0 Å². The van der Waals surface area contributed by atoms with E-state index in [1.165, 1.54) is 0 Å². The monoisotopic (exact) mass is 127 g/mol. The van der Waals surface area contributed by atoms with E-state index in [4.69, 9.17) is 0 Å². The molecule has 1 nitrogen and oxygen atoms in total. The maximum Gasteiger partial charge on any atom is 0.112 e. The average molecular weight is 127 g/mol. The molecule has 0 aromatic carbocycles. The molecule has 1 heterocycles. The van der Waals surface area contributed by atoms with Crippen LogP contribution >= 0.6 is 0 Å². The summed E-state index contributed by atoms with van der Waals surface area (Å²) in [5.74, 6) is 0. The van der Waals surface area contributed by atoms with Crippen LogP contribution in [0.5, 0.6) is 0 Å².